The number of nitrogens with one attached hydrogen (secondary N) is 1. The Kier molecular flexibility index (Phi) is 4.27. The average molecular weight is 385 g/mol. The van der Waals surface area contributed by atoms with E-state index in [1.807, 2.05) is 30.3 Å². The minimum atomic E-state index is -3.27. The van der Waals surface area contributed by atoms with Gasteiger partial charge in [-0.2, -0.15) is 5.10 Å². The Balaban J connectivity index is 1.69. The molecular weight excluding hydrogens is 369 g/mol. The van der Waals surface area contributed by atoms with Crippen LogP contribution in [0, 0.1) is 5.82 Å². The van der Waals surface area contributed by atoms with Crippen LogP contribution in [-0.2, 0) is 32.6 Å². The van der Waals surface area contributed by atoms with Crippen LogP contribution < -0.4 is 5.32 Å². The summed E-state index contributed by atoms with van der Waals surface area (Å²) in [5, 5.41) is 7.14. The molecule has 27 heavy (non-hydrogen) atoms. The number of nitrogens with zero attached hydrogens (tertiary/aromatic N) is 2. The Morgan fingerprint density at radius 2 is 1.78 bits per heavy atom. The van der Waals surface area contributed by atoms with Crippen LogP contribution in [0.3, 0.4) is 0 Å². The van der Waals surface area contributed by atoms with Crippen LogP contribution in [0.2, 0.25) is 0 Å². The van der Waals surface area contributed by atoms with Crippen LogP contribution in [0.1, 0.15) is 16.8 Å². The zero-order valence-electron chi connectivity index (χ0n) is 14.2. The highest BCUT2D eigenvalue weighted by molar-refractivity contribution is 7.90. The summed E-state index contributed by atoms with van der Waals surface area (Å²) in [7, 11) is -3.27. The third-order valence-electron chi connectivity index (χ3n) is 4.32. The molecule has 1 aromatic heterocycles. The predicted molar refractivity (Wildman–Crippen MR) is 98.6 cm³/mol. The van der Waals surface area contributed by atoms with E-state index >= 15 is 0 Å². The summed E-state index contributed by atoms with van der Waals surface area (Å²) in [6, 6.07) is 14.9. The van der Waals surface area contributed by atoms with E-state index < -0.39 is 15.7 Å². The fourth-order valence-corrected chi connectivity index (χ4v) is 4.59. The Morgan fingerprint density at radius 3 is 2.48 bits per heavy atom. The highest BCUT2D eigenvalue weighted by Crippen LogP contribution is 2.33. The van der Waals surface area contributed by atoms with E-state index in [-0.39, 0.29) is 23.8 Å². The molecule has 4 rings (SSSR count). The van der Waals surface area contributed by atoms with Gasteiger partial charge in [-0.3, -0.25) is 4.79 Å². The van der Waals surface area contributed by atoms with Gasteiger partial charge >= 0.3 is 0 Å². The van der Waals surface area contributed by atoms with E-state index in [4.69, 9.17) is 0 Å². The second kappa shape index (κ2) is 6.62. The molecule has 0 unspecified atom stereocenters. The summed E-state index contributed by atoms with van der Waals surface area (Å²) in [4.78, 5) is 12.5. The molecule has 2 heterocycles. The van der Waals surface area contributed by atoms with E-state index in [1.165, 1.54) is 28.9 Å². The molecule has 0 spiro atoms. The maximum absolute atomic E-state index is 13.2. The van der Waals surface area contributed by atoms with Gasteiger partial charge in [-0.1, -0.05) is 30.3 Å². The van der Waals surface area contributed by atoms with Crippen molar-refractivity contribution in [3.05, 3.63) is 77.2 Å². The summed E-state index contributed by atoms with van der Waals surface area (Å²) < 4.78 is 38.6. The largest absolute Gasteiger partial charge is 0.310 e. The van der Waals surface area contributed by atoms with Crippen molar-refractivity contribution in [1.82, 2.24) is 9.78 Å². The smallest absolute Gasteiger partial charge is 0.229 e. The lowest BCUT2D eigenvalue weighted by Crippen LogP contribution is -2.18. The topological polar surface area (TPSA) is 81.1 Å². The van der Waals surface area contributed by atoms with Crippen molar-refractivity contribution in [2.45, 2.75) is 17.9 Å². The standard InChI is InChI=1S/C19H16FN3O3S/c20-14-6-8-15(9-7-14)23-19(16-11-27(25,26)12-17(16)22-23)21-18(24)10-13-4-2-1-3-5-13/h1-9H,10-12H2,(H,21,24). The molecule has 3 aromatic rings. The van der Waals surface area contributed by atoms with Gasteiger partial charge in [0.2, 0.25) is 5.91 Å². The minimum Gasteiger partial charge on any atom is -0.310 e. The number of hydrogen-bond donors (Lipinski definition) is 1. The molecule has 1 amide bonds. The van der Waals surface area contributed by atoms with Gasteiger partial charge < -0.3 is 5.32 Å². The van der Waals surface area contributed by atoms with Crippen LogP contribution in [0.25, 0.3) is 5.69 Å². The zero-order valence-corrected chi connectivity index (χ0v) is 15.0. The molecule has 2 aromatic carbocycles. The van der Waals surface area contributed by atoms with E-state index in [0.717, 1.165) is 5.56 Å². The molecule has 6 nitrogen and oxygen atoms in total. The van der Waals surface area contributed by atoms with E-state index in [1.54, 1.807) is 0 Å². The number of aromatic nitrogens is 2. The predicted octanol–water partition coefficient (Wildman–Crippen LogP) is 2.62. The van der Waals surface area contributed by atoms with Crippen molar-refractivity contribution in [3.8, 4) is 5.69 Å². The molecule has 1 aliphatic heterocycles. The molecule has 8 heteroatoms. The summed E-state index contributed by atoms with van der Waals surface area (Å²) >= 11 is 0. The number of carbonyl (C=O) groups excluding carboxylic acids is 1. The van der Waals surface area contributed by atoms with Crippen LogP contribution >= 0.6 is 0 Å². The molecule has 0 saturated carbocycles. The first-order valence-electron chi connectivity index (χ1n) is 8.32. The number of halogens is 1. The molecular formula is C19H16FN3O3S. The third-order valence-corrected chi connectivity index (χ3v) is 5.77. The molecule has 1 N–H and O–H groups in total. The molecule has 138 valence electrons. The zero-order chi connectivity index (χ0) is 19.0. The summed E-state index contributed by atoms with van der Waals surface area (Å²) in [5.74, 6) is -0.700. The Labute approximate surface area is 155 Å². The van der Waals surface area contributed by atoms with Gasteiger partial charge in [0, 0.05) is 5.56 Å². The van der Waals surface area contributed by atoms with E-state index in [9.17, 15) is 17.6 Å². The number of anilines is 1. The fourth-order valence-electron chi connectivity index (χ4n) is 3.10. The number of hydrogen-bond acceptors (Lipinski definition) is 4. The van der Waals surface area contributed by atoms with Gasteiger partial charge in [0.15, 0.2) is 9.84 Å². The average Bonchev–Trinajstić information content (AvgIpc) is 3.09. The molecule has 0 aliphatic carbocycles. The van der Waals surface area contributed by atoms with Crippen LogP contribution in [0.4, 0.5) is 10.2 Å². The van der Waals surface area contributed by atoms with Crippen molar-refractivity contribution >= 4 is 21.6 Å². The number of sulfone groups is 1. The Bertz CT molecular complexity index is 1110. The number of amides is 1. The van der Waals surface area contributed by atoms with Gasteiger partial charge in [-0.15, -0.1) is 0 Å². The van der Waals surface area contributed by atoms with Crippen molar-refractivity contribution in [2.75, 3.05) is 5.32 Å². The normalized spacial score (nSPS) is 14.7. The number of fused-ring (bicyclic) bond motifs is 1. The van der Waals surface area contributed by atoms with Crippen LogP contribution in [-0.4, -0.2) is 24.1 Å². The monoisotopic (exact) mass is 385 g/mol. The van der Waals surface area contributed by atoms with Gasteiger partial charge in [0.1, 0.15) is 11.6 Å². The minimum absolute atomic E-state index is 0.150. The Hall–Kier alpha value is -3.00. The maximum Gasteiger partial charge on any atom is 0.229 e. The molecule has 0 atom stereocenters. The third kappa shape index (κ3) is 3.61. The van der Waals surface area contributed by atoms with Gasteiger partial charge in [-0.25, -0.2) is 17.5 Å². The summed E-state index contributed by atoms with van der Waals surface area (Å²) in [5.41, 5.74) is 2.28. The van der Waals surface area contributed by atoms with E-state index in [2.05, 4.69) is 10.4 Å². The van der Waals surface area contributed by atoms with Gasteiger partial charge in [-0.05, 0) is 29.8 Å². The molecule has 0 fully saturated rings. The molecule has 0 radical (unpaired) electrons. The van der Waals surface area contributed by atoms with Crippen molar-refractivity contribution in [3.63, 3.8) is 0 Å². The van der Waals surface area contributed by atoms with Gasteiger partial charge in [0.05, 0.1) is 29.3 Å². The van der Waals surface area contributed by atoms with Gasteiger partial charge in [0.25, 0.3) is 0 Å². The first kappa shape index (κ1) is 17.4. The maximum atomic E-state index is 13.2. The fraction of sp³-hybridized carbons (Fsp3) is 0.158. The quantitative estimate of drug-likeness (QED) is 0.749. The van der Waals surface area contributed by atoms with E-state index in [0.29, 0.717) is 22.8 Å². The lowest BCUT2D eigenvalue weighted by molar-refractivity contribution is -0.115. The molecule has 0 saturated heterocycles. The Morgan fingerprint density at radius 1 is 1.07 bits per heavy atom. The number of benzene rings is 2. The van der Waals surface area contributed by atoms with Crippen molar-refractivity contribution in [2.24, 2.45) is 0 Å². The van der Waals surface area contributed by atoms with Crippen LogP contribution in [0.5, 0.6) is 0 Å². The summed E-state index contributed by atoms with van der Waals surface area (Å²) in [6.45, 7) is 0. The van der Waals surface area contributed by atoms with Crippen molar-refractivity contribution in [1.29, 1.82) is 0 Å². The highest BCUT2D eigenvalue weighted by Gasteiger charge is 2.33. The SMILES string of the molecule is O=C(Cc1ccccc1)Nc1c2c(nn1-c1ccc(F)cc1)CS(=O)(=O)C2. The van der Waals surface area contributed by atoms with Crippen molar-refractivity contribution < 1.29 is 17.6 Å². The first-order valence-corrected chi connectivity index (χ1v) is 10.1. The molecule has 1 aliphatic rings. The summed E-state index contributed by atoms with van der Waals surface area (Å²) in [6.07, 6.45) is 0.150. The second-order valence-corrected chi connectivity index (χ2v) is 8.47. The lowest BCUT2D eigenvalue weighted by atomic mass is 10.1. The second-order valence-electron chi connectivity index (χ2n) is 6.40. The lowest BCUT2D eigenvalue weighted by Gasteiger charge is -2.11. The first-order chi connectivity index (χ1) is 12.9. The highest BCUT2D eigenvalue weighted by atomic mass is 32.2. The van der Waals surface area contributed by atoms with Crippen LogP contribution in [0.15, 0.2) is 54.6 Å². The number of carbonyl (C=O) groups is 1. The number of rotatable bonds is 4. The molecule has 0 bridgehead atoms.